The monoisotopic (exact) mass is 264 g/mol. The highest BCUT2D eigenvalue weighted by Crippen LogP contribution is 2.19. The van der Waals surface area contributed by atoms with Crippen LogP contribution in [0, 0.1) is 5.92 Å². The summed E-state index contributed by atoms with van der Waals surface area (Å²) in [4.78, 5) is 4.46. The van der Waals surface area contributed by atoms with Crippen molar-refractivity contribution in [3.8, 4) is 5.88 Å². The maximum atomic E-state index is 5.59. The average Bonchev–Trinajstić information content (AvgIpc) is 3.20. The first-order valence-corrected chi connectivity index (χ1v) is 7.14. The van der Waals surface area contributed by atoms with Crippen molar-refractivity contribution in [2.24, 2.45) is 5.92 Å². The number of pyridine rings is 1. The highest BCUT2D eigenvalue weighted by Gasteiger charge is 2.20. The Labute approximate surface area is 115 Å². The van der Waals surface area contributed by atoms with Gasteiger partial charge >= 0.3 is 0 Å². The molecule has 1 fully saturated rings. The summed E-state index contributed by atoms with van der Waals surface area (Å²) in [6.07, 6.45) is 2.59. The Morgan fingerprint density at radius 1 is 1.32 bits per heavy atom. The van der Waals surface area contributed by atoms with E-state index in [1.54, 1.807) is 0 Å². The Kier molecular flexibility index (Phi) is 5.61. The molecule has 1 saturated carbocycles. The van der Waals surface area contributed by atoms with Crippen molar-refractivity contribution in [2.75, 3.05) is 19.8 Å². The smallest absolute Gasteiger partial charge is 0.213 e. The van der Waals surface area contributed by atoms with Gasteiger partial charge in [-0.3, -0.25) is 0 Å². The number of hydrogen-bond acceptors (Lipinski definition) is 4. The molecule has 0 bridgehead atoms. The van der Waals surface area contributed by atoms with E-state index in [2.05, 4.69) is 24.1 Å². The van der Waals surface area contributed by atoms with Crippen molar-refractivity contribution in [3.63, 3.8) is 0 Å². The first-order chi connectivity index (χ1) is 9.24. The molecule has 1 aromatic heterocycles. The zero-order valence-electron chi connectivity index (χ0n) is 11.9. The predicted molar refractivity (Wildman–Crippen MR) is 75.3 cm³/mol. The third-order valence-electron chi connectivity index (χ3n) is 2.86. The van der Waals surface area contributed by atoms with Gasteiger partial charge in [-0.05, 0) is 24.8 Å². The van der Waals surface area contributed by atoms with E-state index in [1.807, 2.05) is 18.2 Å². The van der Waals surface area contributed by atoms with Gasteiger partial charge in [0, 0.05) is 25.3 Å². The molecule has 1 aromatic rings. The third-order valence-corrected chi connectivity index (χ3v) is 2.86. The lowest BCUT2D eigenvalue weighted by atomic mass is 10.2. The molecular formula is C15H24N2O2. The quantitative estimate of drug-likeness (QED) is 0.695. The summed E-state index contributed by atoms with van der Waals surface area (Å²) in [7, 11) is 0. The molecule has 1 aliphatic carbocycles. The summed E-state index contributed by atoms with van der Waals surface area (Å²) in [6, 6.07) is 6.61. The van der Waals surface area contributed by atoms with E-state index in [0.29, 0.717) is 31.1 Å². The molecular weight excluding hydrogens is 240 g/mol. The second-order valence-corrected chi connectivity index (χ2v) is 5.44. The fourth-order valence-corrected chi connectivity index (χ4v) is 1.70. The second-order valence-electron chi connectivity index (χ2n) is 5.44. The third kappa shape index (κ3) is 6.03. The molecule has 0 radical (unpaired) electrons. The molecule has 1 N–H and O–H groups in total. The van der Waals surface area contributed by atoms with Gasteiger partial charge < -0.3 is 14.8 Å². The second kappa shape index (κ2) is 7.46. The number of aromatic nitrogens is 1. The Morgan fingerprint density at radius 2 is 2.16 bits per heavy atom. The van der Waals surface area contributed by atoms with Crippen molar-refractivity contribution in [1.82, 2.24) is 10.3 Å². The maximum Gasteiger partial charge on any atom is 0.213 e. The van der Waals surface area contributed by atoms with Crippen LogP contribution in [-0.4, -0.2) is 30.8 Å². The number of nitrogens with zero attached hydrogens (tertiary/aromatic N) is 1. The van der Waals surface area contributed by atoms with Gasteiger partial charge in [-0.1, -0.05) is 19.9 Å². The van der Waals surface area contributed by atoms with E-state index < -0.39 is 0 Å². The van der Waals surface area contributed by atoms with Crippen molar-refractivity contribution in [3.05, 3.63) is 23.9 Å². The first kappa shape index (κ1) is 14.3. The van der Waals surface area contributed by atoms with Gasteiger partial charge in [-0.25, -0.2) is 4.98 Å². The molecule has 106 valence electrons. The van der Waals surface area contributed by atoms with Crippen LogP contribution >= 0.6 is 0 Å². The van der Waals surface area contributed by atoms with E-state index in [4.69, 9.17) is 9.47 Å². The summed E-state index contributed by atoms with van der Waals surface area (Å²) in [5.41, 5.74) is 1.03. The van der Waals surface area contributed by atoms with Gasteiger partial charge in [0.25, 0.3) is 0 Å². The lowest BCUT2D eigenvalue weighted by Crippen LogP contribution is -2.16. The molecule has 0 saturated heterocycles. The summed E-state index contributed by atoms with van der Waals surface area (Å²) in [5.74, 6) is 1.25. The molecule has 1 aliphatic rings. The predicted octanol–water partition coefficient (Wildman–Crippen LogP) is 2.39. The summed E-state index contributed by atoms with van der Waals surface area (Å²) < 4.78 is 11.1. The topological polar surface area (TPSA) is 43.4 Å². The molecule has 19 heavy (non-hydrogen) atoms. The number of rotatable bonds is 9. The van der Waals surface area contributed by atoms with Gasteiger partial charge in [0.2, 0.25) is 5.88 Å². The summed E-state index contributed by atoms with van der Waals surface area (Å²) in [5, 5.41) is 3.45. The van der Waals surface area contributed by atoms with Crippen LogP contribution < -0.4 is 10.1 Å². The van der Waals surface area contributed by atoms with E-state index >= 15 is 0 Å². The number of ether oxygens (including phenoxy) is 2. The van der Waals surface area contributed by atoms with Crippen LogP contribution in [-0.2, 0) is 11.3 Å². The van der Waals surface area contributed by atoms with Crippen LogP contribution in [0.1, 0.15) is 32.4 Å². The molecule has 0 spiro atoms. The first-order valence-electron chi connectivity index (χ1n) is 7.14. The highest BCUT2D eigenvalue weighted by molar-refractivity contribution is 5.15. The molecule has 4 heteroatoms. The fraction of sp³-hybridized carbons (Fsp3) is 0.667. The molecule has 0 aromatic carbocycles. The average molecular weight is 264 g/mol. The Balaban J connectivity index is 1.65. The molecule has 4 nitrogen and oxygen atoms in total. The van der Waals surface area contributed by atoms with Crippen LogP contribution in [0.4, 0.5) is 0 Å². The SMILES string of the molecule is CC(C)COCCOc1cccc(CNC2CC2)n1. The highest BCUT2D eigenvalue weighted by atomic mass is 16.5. The van der Waals surface area contributed by atoms with Crippen LogP contribution in [0.2, 0.25) is 0 Å². The van der Waals surface area contributed by atoms with E-state index in [1.165, 1.54) is 12.8 Å². The van der Waals surface area contributed by atoms with Crippen LogP contribution in [0.5, 0.6) is 5.88 Å². The normalized spacial score (nSPS) is 14.9. The largest absolute Gasteiger partial charge is 0.475 e. The number of hydrogen-bond donors (Lipinski definition) is 1. The Morgan fingerprint density at radius 3 is 2.89 bits per heavy atom. The zero-order chi connectivity index (χ0) is 13.5. The molecule has 2 rings (SSSR count). The van der Waals surface area contributed by atoms with Gasteiger partial charge in [0.1, 0.15) is 6.61 Å². The van der Waals surface area contributed by atoms with Crippen molar-refractivity contribution >= 4 is 0 Å². The molecule has 0 unspecified atom stereocenters. The molecule has 0 atom stereocenters. The lowest BCUT2D eigenvalue weighted by molar-refractivity contribution is 0.0805. The standard InChI is InChI=1S/C15H24N2O2/c1-12(2)11-18-8-9-19-15-5-3-4-14(17-15)10-16-13-6-7-13/h3-5,12-13,16H,6-11H2,1-2H3. The van der Waals surface area contributed by atoms with Gasteiger partial charge in [-0.15, -0.1) is 0 Å². The van der Waals surface area contributed by atoms with Crippen LogP contribution in [0.3, 0.4) is 0 Å². The summed E-state index contributed by atoms with van der Waals surface area (Å²) >= 11 is 0. The minimum atomic E-state index is 0.555. The Hall–Kier alpha value is -1.13. The van der Waals surface area contributed by atoms with E-state index in [9.17, 15) is 0 Å². The maximum absolute atomic E-state index is 5.59. The van der Waals surface area contributed by atoms with Gasteiger partial charge in [0.05, 0.1) is 12.3 Å². The zero-order valence-corrected chi connectivity index (χ0v) is 11.9. The summed E-state index contributed by atoms with van der Waals surface area (Å²) in [6.45, 7) is 7.05. The minimum Gasteiger partial charge on any atom is -0.475 e. The molecule has 1 heterocycles. The fourth-order valence-electron chi connectivity index (χ4n) is 1.70. The number of nitrogens with one attached hydrogen (secondary N) is 1. The van der Waals surface area contributed by atoms with Crippen LogP contribution in [0.15, 0.2) is 18.2 Å². The van der Waals surface area contributed by atoms with Crippen molar-refractivity contribution < 1.29 is 9.47 Å². The Bertz CT molecular complexity index is 378. The molecule has 0 aliphatic heterocycles. The van der Waals surface area contributed by atoms with E-state index in [0.717, 1.165) is 18.8 Å². The van der Waals surface area contributed by atoms with Gasteiger partial charge in [0.15, 0.2) is 0 Å². The lowest BCUT2D eigenvalue weighted by Gasteiger charge is -2.09. The van der Waals surface area contributed by atoms with Gasteiger partial charge in [-0.2, -0.15) is 0 Å². The van der Waals surface area contributed by atoms with Crippen molar-refractivity contribution in [1.29, 1.82) is 0 Å². The molecule has 0 amide bonds. The van der Waals surface area contributed by atoms with Crippen molar-refractivity contribution in [2.45, 2.75) is 39.3 Å². The van der Waals surface area contributed by atoms with Crippen LogP contribution in [0.25, 0.3) is 0 Å². The van der Waals surface area contributed by atoms with E-state index in [-0.39, 0.29) is 0 Å². The minimum absolute atomic E-state index is 0.555.